The fourth-order valence-electron chi connectivity index (χ4n) is 3.29. The lowest BCUT2D eigenvalue weighted by atomic mass is 9.97. The van der Waals surface area contributed by atoms with Crippen molar-refractivity contribution in [2.45, 2.75) is 32.9 Å². The number of carbonyl (C=O) groups excluding carboxylic acids is 1. The minimum atomic E-state index is -0.0933. The highest BCUT2D eigenvalue weighted by Gasteiger charge is 2.26. The monoisotopic (exact) mass is 360 g/mol. The Kier molecular flexibility index (Phi) is 7.91. The van der Waals surface area contributed by atoms with E-state index in [1.807, 2.05) is 0 Å². The second-order valence-corrected chi connectivity index (χ2v) is 6.96. The van der Waals surface area contributed by atoms with Gasteiger partial charge in [0.25, 0.3) is 0 Å². The molecule has 0 aromatic heterocycles. The molecule has 144 valence electrons. The molecule has 1 saturated heterocycles. The molecule has 0 aliphatic carbocycles. The Hall–Kier alpha value is -2.08. The zero-order valence-electron chi connectivity index (χ0n) is 16.5. The van der Waals surface area contributed by atoms with E-state index in [2.05, 4.69) is 60.4 Å². The number of hydrogen-bond acceptors (Lipinski definition) is 4. The van der Waals surface area contributed by atoms with Crippen molar-refractivity contribution in [2.24, 2.45) is 10.9 Å². The van der Waals surface area contributed by atoms with Crippen LogP contribution in [0.1, 0.15) is 30.9 Å². The number of esters is 1. The molecule has 6 heteroatoms. The summed E-state index contributed by atoms with van der Waals surface area (Å²) in [5.41, 5.74) is 2.56. The fourth-order valence-corrected chi connectivity index (χ4v) is 3.29. The van der Waals surface area contributed by atoms with Crippen LogP contribution in [-0.2, 0) is 22.6 Å². The van der Waals surface area contributed by atoms with Crippen LogP contribution < -0.4 is 5.32 Å². The maximum absolute atomic E-state index is 11.7. The molecule has 1 N–H and O–H groups in total. The Labute approximate surface area is 157 Å². The Morgan fingerprint density at radius 1 is 1.27 bits per heavy atom. The van der Waals surface area contributed by atoms with Crippen molar-refractivity contribution >= 4 is 11.9 Å². The highest BCUT2D eigenvalue weighted by atomic mass is 16.5. The van der Waals surface area contributed by atoms with E-state index in [1.165, 1.54) is 18.2 Å². The van der Waals surface area contributed by atoms with Crippen LogP contribution in [0.25, 0.3) is 0 Å². The predicted octanol–water partition coefficient (Wildman–Crippen LogP) is 2.10. The second-order valence-electron chi connectivity index (χ2n) is 6.96. The largest absolute Gasteiger partial charge is 0.469 e. The van der Waals surface area contributed by atoms with Crippen LogP contribution in [0.5, 0.6) is 0 Å². The van der Waals surface area contributed by atoms with E-state index in [0.717, 1.165) is 45.0 Å². The minimum Gasteiger partial charge on any atom is -0.469 e. The molecule has 1 fully saturated rings. The van der Waals surface area contributed by atoms with Crippen LogP contribution >= 0.6 is 0 Å². The van der Waals surface area contributed by atoms with Crippen LogP contribution in [0, 0.1) is 5.92 Å². The van der Waals surface area contributed by atoms with Crippen LogP contribution in [0.4, 0.5) is 0 Å². The summed E-state index contributed by atoms with van der Waals surface area (Å²) in [6, 6.07) is 8.46. The molecule has 1 aromatic carbocycles. The first-order valence-corrected chi connectivity index (χ1v) is 9.37. The molecule has 1 heterocycles. The van der Waals surface area contributed by atoms with Gasteiger partial charge in [-0.05, 0) is 45.0 Å². The van der Waals surface area contributed by atoms with Crippen LogP contribution in [-0.4, -0.2) is 62.6 Å². The van der Waals surface area contributed by atoms with E-state index in [4.69, 9.17) is 9.73 Å². The number of benzene rings is 1. The second kappa shape index (κ2) is 10.2. The summed E-state index contributed by atoms with van der Waals surface area (Å²) in [5, 5.41) is 3.39. The third kappa shape index (κ3) is 5.73. The van der Waals surface area contributed by atoms with Gasteiger partial charge in [0, 0.05) is 26.2 Å². The van der Waals surface area contributed by atoms with Gasteiger partial charge >= 0.3 is 5.97 Å². The number of carbonyl (C=O) groups is 1. The number of piperidine rings is 1. The number of ether oxygens (including phenoxy) is 1. The predicted molar refractivity (Wildman–Crippen MR) is 105 cm³/mol. The number of rotatable bonds is 6. The summed E-state index contributed by atoms with van der Waals surface area (Å²) >= 11 is 0. The Morgan fingerprint density at radius 3 is 2.50 bits per heavy atom. The van der Waals surface area contributed by atoms with E-state index in [0.29, 0.717) is 6.54 Å². The molecule has 2 rings (SSSR count). The van der Waals surface area contributed by atoms with E-state index in [1.54, 1.807) is 0 Å². The highest BCUT2D eigenvalue weighted by Crippen LogP contribution is 2.19. The van der Waals surface area contributed by atoms with Crippen molar-refractivity contribution in [2.75, 3.05) is 40.8 Å². The number of guanidine groups is 1. The minimum absolute atomic E-state index is 0.0138. The molecule has 0 bridgehead atoms. The van der Waals surface area contributed by atoms with E-state index >= 15 is 0 Å². The molecule has 0 amide bonds. The van der Waals surface area contributed by atoms with Gasteiger partial charge in [-0.1, -0.05) is 24.3 Å². The highest BCUT2D eigenvalue weighted by molar-refractivity contribution is 5.80. The third-order valence-electron chi connectivity index (χ3n) is 4.67. The zero-order chi connectivity index (χ0) is 18.9. The number of aliphatic imine (C=N–C) groups is 1. The smallest absolute Gasteiger partial charge is 0.308 e. The molecular formula is C20H32N4O2. The average molecular weight is 361 g/mol. The van der Waals surface area contributed by atoms with Crippen LogP contribution in [0.15, 0.2) is 29.3 Å². The molecular weight excluding hydrogens is 328 g/mol. The summed E-state index contributed by atoms with van der Waals surface area (Å²) in [4.78, 5) is 21.0. The summed E-state index contributed by atoms with van der Waals surface area (Å²) in [5.74, 6) is 0.847. The van der Waals surface area contributed by atoms with Gasteiger partial charge in [0.2, 0.25) is 0 Å². The third-order valence-corrected chi connectivity index (χ3v) is 4.67. The topological polar surface area (TPSA) is 57.2 Å². The number of likely N-dealkylation sites (tertiary alicyclic amines) is 1. The van der Waals surface area contributed by atoms with Crippen LogP contribution in [0.2, 0.25) is 0 Å². The average Bonchev–Trinajstić information content (AvgIpc) is 2.65. The van der Waals surface area contributed by atoms with Gasteiger partial charge in [-0.2, -0.15) is 0 Å². The van der Waals surface area contributed by atoms with Crippen molar-refractivity contribution in [3.63, 3.8) is 0 Å². The first-order chi connectivity index (χ1) is 12.5. The lowest BCUT2D eigenvalue weighted by Gasteiger charge is -2.33. The molecule has 1 aliphatic heterocycles. The Morgan fingerprint density at radius 2 is 1.92 bits per heavy atom. The SMILES string of the molecule is CCNC(=NCc1ccccc1CN(C)C)N1CCC(C(=O)OC)CC1. The van der Waals surface area contributed by atoms with E-state index in [-0.39, 0.29) is 11.9 Å². The standard InChI is InChI=1S/C20H32N4O2/c1-5-21-20(24-12-10-16(11-13-24)19(25)26-4)22-14-17-8-6-7-9-18(17)15-23(2)3/h6-9,16H,5,10-15H2,1-4H3,(H,21,22). The van der Waals surface area contributed by atoms with Crippen molar-refractivity contribution in [3.05, 3.63) is 35.4 Å². The summed E-state index contributed by atoms with van der Waals surface area (Å²) in [6.07, 6.45) is 1.63. The molecule has 0 radical (unpaired) electrons. The molecule has 0 atom stereocenters. The first-order valence-electron chi connectivity index (χ1n) is 9.37. The van der Waals surface area contributed by atoms with Crippen LogP contribution in [0.3, 0.4) is 0 Å². The maximum atomic E-state index is 11.7. The van der Waals surface area contributed by atoms with Gasteiger partial charge in [-0.15, -0.1) is 0 Å². The molecule has 0 saturated carbocycles. The fraction of sp³-hybridized carbons (Fsp3) is 0.600. The lowest BCUT2D eigenvalue weighted by molar-refractivity contribution is -0.146. The summed E-state index contributed by atoms with van der Waals surface area (Å²) < 4.78 is 4.88. The number of hydrogen-bond donors (Lipinski definition) is 1. The van der Waals surface area contributed by atoms with Crippen molar-refractivity contribution in [1.29, 1.82) is 0 Å². The summed E-state index contributed by atoms with van der Waals surface area (Å²) in [7, 11) is 5.62. The molecule has 26 heavy (non-hydrogen) atoms. The molecule has 0 unspecified atom stereocenters. The first kappa shape index (κ1) is 20.2. The molecule has 0 spiro atoms. The van der Waals surface area contributed by atoms with Crippen molar-refractivity contribution in [3.8, 4) is 0 Å². The van der Waals surface area contributed by atoms with Gasteiger partial charge in [0.15, 0.2) is 5.96 Å². The van der Waals surface area contributed by atoms with E-state index < -0.39 is 0 Å². The van der Waals surface area contributed by atoms with Gasteiger partial charge in [0.05, 0.1) is 19.6 Å². The van der Waals surface area contributed by atoms with Crippen molar-refractivity contribution in [1.82, 2.24) is 15.1 Å². The van der Waals surface area contributed by atoms with Gasteiger partial charge < -0.3 is 19.9 Å². The summed E-state index contributed by atoms with van der Waals surface area (Å²) in [6.45, 7) is 6.12. The zero-order valence-corrected chi connectivity index (χ0v) is 16.5. The number of nitrogens with one attached hydrogen (secondary N) is 1. The number of methoxy groups -OCH3 is 1. The van der Waals surface area contributed by atoms with Gasteiger partial charge in [-0.25, -0.2) is 4.99 Å². The quantitative estimate of drug-likeness (QED) is 0.478. The molecule has 1 aliphatic rings. The molecule has 1 aromatic rings. The maximum Gasteiger partial charge on any atom is 0.308 e. The number of nitrogens with zero attached hydrogens (tertiary/aromatic N) is 3. The lowest BCUT2D eigenvalue weighted by Crippen LogP contribution is -2.46. The normalized spacial score (nSPS) is 16.0. The Bertz CT molecular complexity index is 608. The van der Waals surface area contributed by atoms with Gasteiger partial charge in [0.1, 0.15) is 0 Å². The Balaban J connectivity index is 2.05. The van der Waals surface area contributed by atoms with E-state index in [9.17, 15) is 4.79 Å². The van der Waals surface area contributed by atoms with Crippen molar-refractivity contribution < 1.29 is 9.53 Å². The molecule has 6 nitrogen and oxygen atoms in total. The van der Waals surface area contributed by atoms with Gasteiger partial charge in [-0.3, -0.25) is 4.79 Å².